The Hall–Kier alpha value is -1.39. The summed E-state index contributed by atoms with van der Waals surface area (Å²) in [7, 11) is 1.62. The van der Waals surface area contributed by atoms with Crippen LogP contribution in [0.15, 0.2) is 24.3 Å². The van der Waals surface area contributed by atoms with Crippen LogP contribution < -0.4 is 0 Å². The van der Waals surface area contributed by atoms with Gasteiger partial charge in [-0.25, -0.2) is 4.79 Å². The normalized spacial score (nSPS) is 23.0. The third-order valence-corrected chi connectivity index (χ3v) is 3.02. The van der Waals surface area contributed by atoms with Crippen molar-refractivity contribution in [1.82, 2.24) is 0 Å². The summed E-state index contributed by atoms with van der Waals surface area (Å²) in [5.74, 6) is -0.306. The Balaban J connectivity index is 1.80. The van der Waals surface area contributed by atoms with Crippen molar-refractivity contribution in [2.24, 2.45) is 0 Å². The van der Waals surface area contributed by atoms with Crippen molar-refractivity contribution >= 4 is 5.97 Å². The molecule has 0 bridgehead atoms. The summed E-state index contributed by atoms with van der Waals surface area (Å²) in [5, 5.41) is 0. The van der Waals surface area contributed by atoms with Gasteiger partial charge >= 0.3 is 5.97 Å². The van der Waals surface area contributed by atoms with Crippen molar-refractivity contribution in [2.45, 2.75) is 32.2 Å². The van der Waals surface area contributed by atoms with Gasteiger partial charge in [-0.2, -0.15) is 0 Å². The van der Waals surface area contributed by atoms with Crippen molar-refractivity contribution in [1.29, 1.82) is 0 Å². The second-order valence-electron chi connectivity index (χ2n) is 4.47. The van der Waals surface area contributed by atoms with Gasteiger partial charge in [0.1, 0.15) is 6.61 Å². The minimum atomic E-state index is -0.306. The van der Waals surface area contributed by atoms with Gasteiger partial charge in [0.15, 0.2) is 6.29 Å². The van der Waals surface area contributed by atoms with E-state index in [1.54, 1.807) is 19.2 Å². The van der Waals surface area contributed by atoms with Gasteiger partial charge in [0, 0.05) is 13.5 Å². The molecule has 1 fully saturated rings. The second-order valence-corrected chi connectivity index (χ2v) is 4.47. The van der Waals surface area contributed by atoms with E-state index < -0.39 is 0 Å². The van der Waals surface area contributed by atoms with Crippen molar-refractivity contribution in [2.75, 3.05) is 13.7 Å². The topological polar surface area (TPSA) is 44.8 Å². The maximum absolute atomic E-state index is 11.8. The Bertz CT molecular complexity index is 399. The van der Waals surface area contributed by atoms with E-state index in [-0.39, 0.29) is 25.0 Å². The van der Waals surface area contributed by atoms with Crippen LogP contribution in [-0.4, -0.2) is 32.1 Å². The van der Waals surface area contributed by atoms with Gasteiger partial charge in [-0.1, -0.05) is 17.7 Å². The molecule has 0 spiro atoms. The first-order valence-electron chi connectivity index (χ1n) is 6.11. The van der Waals surface area contributed by atoms with Crippen LogP contribution in [-0.2, 0) is 14.2 Å². The molecule has 0 saturated carbocycles. The largest absolute Gasteiger partial charge is 0.459 e. The third kappa shape index (κ3) is 3.31. The van der Waals surface area contributed by atoms with Crippen molar-refractivity contribution in [3.8, 4) is 0 Å². The van der Waals surface area contributed by atoms with Gasteiger partial charge in [0.25, 0.3) is 0 Å². The summed E-state index contributed by atoms with van der Waals surface area (Å²) in [6, 6.07) is 7.32. The SMILES string of the molecule is CO[C@@H]1CC[C@@H](COC(=O)c2ccc(C)cc2)O1. The Labute approximate surface area is 107 Å². The number of carbonyl (C=O) groups excluding carboxylic acids is 1. The highest BCUT2D eigenvalue weighted by atomic mass is 16.7. The molecule has 1 aliphatic rings. The van der Waals surface area contributed by atoms with Gasteiger partial charge in [0.05, 0.1) is 11.7 Å². The zero-order chi connectivity index (χ0) is 13.0. The lowest BCUT2D eigenvalue weighted by molar-refractivity contribution is -0.123. The maximum Gasteiger partial charge on any atom is 0.338 e. The van der Waals surface area contributed by atoms with Crippen molar-refractivity contribution in [3.05, 3.63) is 35.4 Å². The minimum Gasteiger partial charge on any atom is -0.459 e. The molecule has 2 rings (SSSR count). The van der Waals surface area contributed by atoms with E-state index in [1.165, 1.54) is 0 Å². The number of benzene rings is 1. The highest BCUT2D eigenvalue weighted by Crippen LogP contribution is 2.20. The first kappa shape index (κ1) is 13.1. The molecule has 0 N–H and O–H groups in total. The molecular weight excluding hydrogens is 232 g/mol. The highest BCUT2D eigenvalue weighted by Gasteiger charge is 2.26. The number of esters is 1. The molecular formula is C14H18O4. The number of methoxy groups -OCH3 is 1. The number of ether oxygens (including phenoxy) is 3. The molecule has 0 radical (unpaired) electrons. The van der Waals surface area contributed by atoms with Gasteiger partial charge in [-0.15, -0.1) is 0 Å². The highest BCUT2D eigenvalue weighted by molar-refractivity contribution is 5.89. The quantitative estimate of drug-likeness (QED) is 0.769. The zero-order valence-corrected chi connectivity index (χ0v) is 10.7. The van der Waals surface area contributed by atoms with Crippen LogP contribution in [0.2, 0.25) is 0 Å². The van der Waals surface area contributed by atoms with E-state index in [1.807, 2.05) is 19.1 Å². The van der Waals surface area contributed by atoms with E-state index in [2.05, 4.69) is 0 Å². The van der Waals surface area contributed by atoms with Gasteiger partial charge in [0.2, 0.25) is 0 Å². The molecule has 4 heteroatoms. The molecule has 1 aliphatic heterocycles. The lowest BCUT2D eigenvalue weighted by Gasteiger charge is -2.12. The van der Waals surface area contributed by atoms with E-state index in [0.717, 1.165) is 18.4 Å². The first-order valence-corrected chi connectivity index (χ1v) is 6.11. The predicted octanol–water partition coefficient (Wildman–Crippen LogP) is 2.30. The fraction of sp³-hybridized carbons (Fsp3) is 0.500. The van der Waals surface area contributed by atoms with Crippen molar-refractivity contribution in [3.63, 3.8) is 0 Å². The van der Waals surface area contributed by atoms with Crippen LogP contribution in [0.25, 0.3) is 0 Å². The van der Waals surface area contributed by atoms with Gasteiger partial charge in [-0.3, -0.25) is 0 Å². The van der Waals surface area contributed by atoms with Crippen LogP contribution >= 0.6 is 0 Å². The van der Waals surface area contributed by atoms with E-state index in [0.29, 0.717) is 5.56 Å². The van der Waals surface area contributed by atoms with Crippen molar-refractivity contribution < 1.29 is 19.0 Å². The summed E-state index contributed by atoms with van der Waals surface area (Å²) in [4.78, 5) is 11.8. The minimum absolute atomic E-state index is 0.0515. The maximum atomic E-state index is 11.8. The third-order valence-electron chi connectivity index (χ3n) is 3.02. The molecule has 18 heavy (non-hydrogen) atoms. The van der Waals surface area contributed by atoms with E-state index in [9.17, 15) is 4.79 Å². The monoisotopic (exact) mass is 250 g/mol. The lowest BCUT2D eigenvalue weighted by Crippen LogP contribution is -2.20. The van der Waals surface area contributed by atoms with Crippen LogP contribution in [0.1, 0.15) is 28.8 Å². The van der Waals surface area contributed by atoms with Crippen LogP contribution in [0.3, 0.4) is 0 Å². The smallest absolute Gasteiger partial charge is 0.338 e. The van der Waals surface area contributed by atoms with Gasteiger partial charge < -0.3 is 14.2 Å². The molecule has 1 aromatic rings. The van der Waals surface area contributed by atoms with Gasteiger partial charge in [-0.05, 0) is 25.5 Å². The molecule has 1 aromatic carbocycles. The summed E-state index contributed by atoms with van der Waals surface area (Å²) < 4.78 is 15.8. The molecule has 1 saturated heterocycles. The van der Waals surface area contributed by atoms with Crippen LogP contribution in [0.5, 0.6) is 0 Å². The zero-order valence-electron chi connectivity index (χ0n) is 10.7. The molecule has 0 amide bonds. The first-order chi connectivity index (χ1) is 8.69. The Morgan fingerprint density at radius 3 is 2.67 bits per heavy atom. The fourth-order valence-electron chi connectivity index (χ4n) is 1.91. The summed E-state index contributed by atoms with van der Waals surface area (Å²) >= 11 is 0. The summed E-state index contributed by atoms with van der Waals surface area (Å²) in [6.07, 6.45) is 1.50. The van der Waals surface area contributed by atoms with E-state index >= 15 is 0 Å². The van der Waals surface area contributed by atoms with E-state index in [4.69, 9.17) is 14.2 Å². The molecule has 0 unspecified atom stereocenters. The van der Waals surface area contributed by atoms with Crippen LogP contribution in [0, 0.1) is 6.92 Å². The summed E-state index contributed by atoms with van der Waals surface area (Å²) in [5.41, 5.74) is 1.69. The standard InChI is InChI=1S/C14H18O4/c1-10-3-5-11(6-4-10)14(15)17-9-12-7-8-13(16-2)18-12/h3-6,12-13H,7-9H2,1-2H3/t12-,13-/m0/s1. The van der Waals surface area contributed by atoms with Crippen LogP contribution in [0.4, 0.5) is 0 Å². The number of hydrogen-bond donors (Lipinski definition) is 0. The molecule has 0 aliphatic carbocycles. The number of hydrogen-bond acceptors (Lipinski definition) is 4. The second kappa shape index (κ2) is 5.98. The molecule has 98 valence electrons. The average Bonchev–Trinajstić information content (AvgIpc) is 2.85. The Morgan fingerprint density at radius 2 is 2.06 bits per heavy atom. The number of aryl methyl sites for hydroxylation is 1. The lowest BCUT2D eigenvalue weighted by atomic mass is 10.1. The Morgan fingerprint density at radius 1 is 1.33 bits per heavy atom. The average molecular weight is 250 g/mol. The Kier molecular flexibility index (Phi) is 4.33. The predicted molar refractivity (Wildman–Crippen MR) is 66.4 cm³/mol. The molecule has 2 atom stereocenters. The molecule has 0 aromatic heterocycles. The molecule has 4 nitrogen and oxygen atoms in total. The number of carbonyl (C=O) groups is 1. The molecule has 1 heterocycles. The fourth-order valence-corrected chi connectivity index (χ4v) is 1.91. The summed E-state index contributed by atoms with van der Waals surface area (Å²) in [6.45, 7) is 2.26. The number of rotatable bonds is 4.